The minimum atomic E-state index is -0.818. The van der Waals surface area contributed by atoms with Crippen molar-refractivity contribution in [1.29, 1.82) is 0 Å². The third-order valence-corrected chi connectivity index (χ3v) is 5.85. The minimum absolute atomic E-state index is 0.0779. The Kier molecular flexibility index (Phi) is 5.27. The second kappa shape index (κ2) is 7.84. The molecule has 4 rings (SSSR count). The van der Waals surface area contributed by atoms with Crippen LogP contribution < -0.4 is 5.32 Å². The average molecular weight is 399 g/mol. The monoisotopic (exact) mass is 398 g/mol. The molecule has 0 radical (unpaired) electrons. The number of hydrogen-bond donors (Lipinski definition) is 2. The number of nitrogens with zero attached hydrogens (tertiary/aromatic N) is 1. The number of benzene rings is 2. The van der Waals surface area contributed by atoms with Crippen LogP contribution in [0.15, 0.2) is 48.5 Å². The molecule has 0 aliphatic heterocycles. The predicted octanol–water partition coefficient (Wildman–Crippen LogP) is 4.92. The zero-order valence-corrected chi connectivity index (χ0v) is 16.2. The van der Waals surface area contributed by atoms with Crippen molar-refractivity contribution in [1.82, 2.24) is 4.90 Å². The third kappa shape index (κ3) is 4.14. The van der Waals surface area contributed by atoms with Crippen LogP contribution in [0, 0.1) is 5.92 Å². The summed E-state index contributed by atoms with van der Waals surface area (Å²) in [6, 6.07) is 15.1. The molecule has 2 amide bonds. The van der Waals surface area contributed by atoms with Crippen LogP contribution in [0.1, 0.15) is 46.7 Å². The maximum Gasteiger partial charge on any atom is 0.407 e. The van der Waals surface area contributed by atoms with Gasteiger partial charge in [-0.1, -0.05) is 30.3 Å². The quantitative estimate of drug-likeness (QED) is 0.650. The predicted molar refractivity (Wildman–Crippen MR) is 109 cm³/mol. The second-order valence-corrected chi connectivity index (χ2v) is 7.92. The van der Waals surface area contributed by atoms with E-state index in [-0.39, 0.29) is 23.7 Å². The molecule has 0 heterocycles. The number of amides is 2. The van der Waals surface area contributed by atoms with Crippen LogP contribution in [0.5, 0.6) is 0 Å². The van der Waals surface area contributed by atoms with Gasteiger partial charge >= 0.3 is 6.09 Å². The Labute approximate surface area is 169 Å². The van der Waals surface area contributed by atoms with E-state index in [9.17, 15) is 14.7 Å². The van der Waals surface area contributed by atoms with Gasteiger partial charge in [-0.05, 0) is 54.5 Å². The van der Waals surface area contributed by atoms with E-state index in [1.807, 2.05) is 42.5 Å². The summed E-state index contributed by atoms with van der Waals surface area (Å²) in [7, 11) is 0. The lowest BCUT2D eigenvalue weighted by Crippen LogP contribution is -2.34. The highest BCUT2D eigenvalue weighted by Gasteiger charge is 2.46. The molecule has 2 aromatic rings. The number of rotatable bonds is 7. The Morgan fingerprint density at radius 2 is 1.82 bits per heavy atom. The first-order valence-electron chi connectivity index (χ1n) is 9.61. The maximum absolute atomic E-state index is 12.5. The molecule has 0 bridgehead atoms. The number of nitrogens with one attached hydrogen (secondary N) is 1. The third-order valence-electron chi connectivity index (χ3n) is 5.56. The van der Waals surface area contributed by atoms with Crippen LogP contribution in [0.4, 0.5) is 10.5 Å². The number of carbonyl (C=O) groups excluding carboxylic acids is 1. The molecule has 28 heavy (non-hydrogen) atoms. The second-order valence-electron chi connectivity index (χ2n) is 7.65. The van der Waals surface area contributed by atoms with Crippen LogP contribution in [0.25, 0.3) is 0 Å². The Balaban J connectivity index is 1.39. The van der Waals surface area contributed by atoms with E-state index in [4.69, 9.17) is 11.6 Å². The van der Waals surface area contributed by atoms with E-state index < -0.39 is 6.09 Å². The van der Waals surface area contributed by atoms with E-state index in [0.29, 0.717) is 23.7 Å². The molecule has 6 heteroatoms. The van der Waals surface area contributed by atoms with Gasteiger partial charge in [0.1, 0.15) is 0 Å². The summed E-state index contributed by atoms with van der Waals surface area (Å²) in [6.45, 7) is 0.657. The van der Waals surface area contributed by atoms with Crippen LogP contribution in [-0.4, -0.2) is 34.6 Å². The molecule has 0 spiro atoms. The van der Waals surface area contributed by atoms with Crippen molar-refractivity contribution < 1.29 is 14.7 Å². The lowest BCUT2D eigenvalue weighted by Gasteiger charge is -2.19. The largest absolute Gasteiger partial charge is 0.465 e. The van der Waals surface area contributed by atoms with Crippen molar-refractivity contribution in [3.05, 3.63) is 65.2 Å². The van der Waals surface area contributed by atoms with Crippen molar-refractivity contribution in [2.24, 2.45) is 5.92 Å². The first-order chi connectivity index (χ1) is 13.6. The number of carbonyl (C=O) groups is 2. The molecular weight excluding hydrogens is 376 g/mol. The first kappa shape index (κ1) is 18.8. The molecule has 2 atom stereocenters. The summed E-state index contributed by atoms with van der Waals surface area (Å²) in [6.07, 6.45) is 2.33. The van der Waals surface area contributed by atoms with Gasteiger partial charge in [0, 0.05) is 35.6 Å². The minimum Gasteiger partial charge on any atom is -0.465 e. The van der Waals surface area contributed by atoms with Crippen molar-refractivity contribution in [3.63, 3.8) is 0 Å². The van der Waals surface area contributed by atoms with E-state index in [1.54, 1.807) is 11.0 Å². The van der Waals surface area contributed by atoms with Crippen LogP contribution in [0.2, 0.25) is 0 Å². The molecule has 2 fully saturated rings. The molecule has 2 saturated carbocycles. The molecule has 0 saturated heterocycles. The zero-order chi connectivity index (χ0) is 19.7. The van der Waals surface area contributed by atoms with E-state index >= 15 is 0 Å². The first-order valence-corrected chi connectivity index (χ1v) is 10.1. The molecular formula is C22H23ClN2O3. The smallest absolute Gasteiger partial charge is 0.407 e. The van der Waals surface area contributed by atoms with Gasteiger partial charge < -0.3 is 15.3 Å². The summed E-state index contributed by atoms with van der Waals surface area (Å²) in [5.41, 5.74) is 3.19. The highest BCUT2D eigenvalue weighted by atomic mass is 35.5. The average Bonchev–Trinajstić information content (AvgIpc) is 3.61. The summed E-state index contributed by atoms with van der Waals surface area (Å²) < 4.78 is 0. The van der Waals surface area contributed by atoms with E-state index in [1.165, 1.54) is 0 Å². The molecule has 2 aliphatic rings. The summed E-state index contributed by atoms with van der Waals surface area (Å²) >= 11 is 5.91. The SMILES string of the molecule is O=C(Nc1ccc(C2CC2N(CC2CC2)C(=O)O)cc1)c1ccccc1CCl. The number of hydrogen-bond acceptors (Lipinski definition) is 2. The van der Waals surface area contributed by atoms with Crippen LogP contribution in [0.3, 0.4) is 0 Å². The summed E-state index contributed by atoms with van der Waals surface area (Å²) in [4.78, 5) is 25.7. The van der Waals surface area contributed by atoms with Gasteiger partial charge in [0.25, 0.3) is 5.91 Å². The molecule has 2 aromatic carbocycles. The molecule has 0 aromatic heterocycles. The van der Waals surface area contributed by atoms with Crippen LogP contribution in [-0.2, 0) is 5.88 Å². The van der Waals surface area contributed by atoms with Gasteiger partial charge in [0.15, 0.2) is 0 Å². The lowest BCUT2D eigenvalue weighted by molar-refractivity contribution is 0.102. The van der Waals surface area contributed by atoms with Gasteiger partial charge in [0.2, 0.25) is 0 Å². The van der Waals surface area contributed by atoms with Gasteiger partial charge in [-0.15, -0.1) is 11.6 Å². The molecule has 2 aliphatic carbocycles. The maximum atomic E-state index is 12.5. The van der Waals surface area contributed by atoms with E-state index in [2.05, 4.69) is 5.32 Å². The van der Waals surface area contributed by atoms with E-state index in [0.717, 1.165) is 30.4 Å². The normalized spacial score (nSPS) is 20.5. The topological polar surface area (TPSA) is 69.6 Å². The Morgan fingerprint density at radius 3 is 2.46 bits per heavy atom. The van der Waals surface area contributed by atoms with Crippen molar-refractivity contribution >= 4 is 29.3 Å². The number of alkyl halides is 1. The highest BCUT2D eigenvalue weighted by Crippen LogP contribution is 2.46. The lowest BCUT2D eigenvalue weighted by atomic mass is 10.1. The fourth-order valence-corrected chi connectivity index (χ4v) is 3.92. The molecule has 2 unspecified atom stereocenters. The molecule has 2 N–H and O–H groups in total. The van der Waals surface area contributed by atoms with Crippen molar-refractivity contribution in [2.75, 3.05) is 11.9 Å². The standard InChI is InChI=1S/C22H23ClN2O3/c23-12-16-3-1-2-4-18(16)21(26)24-17-9-7-15(8-10-17)19-11-20(19)25(22(27)28)13-14-5-6-14/h1-4,7-10,14,19-20H,5-6,11-13H2,(H,24,26)(H,27,28). The van der Waals surface area contributed by atoms with Gasteiger partial charge in [-0.2, -0.15) is 0 Å². The fraction of sp³-hybridized carbons (Fsp3) is 0.364. The van der Waals surface area contributed by atoms with Gasteiger partial charge in [0.05, 0.1) is 0 Å². The van der Waals surface area contributed by atoms with Crippen molar-refractivity contribution in [2.45, 2.75) is 37.1 Å². The summed E-state index contributed by atoms with van der Waals surface area (Å²) in [5.74, 6) is 0.893. The Bertz CT molecular complexity index is 880. The molecule has 5 nitrogen and oxygen atoms in total. The Hall–Kier alpha value is -2.53. The van der Waals surface area contributed by atoms with Gasteiger partial charge in [-0.25, -0.2) is 4.79 Å². The van der Waals surface area contributed by atoms with Crippen molar-refractivity contribution in [3.8, 4) is 0 Å². The number of anilines is 1. The fourth-order valence-electron chi connectivity index (χ4n) is 3.69. The summed E-state index contributed by atoms with van der Waals surface area (Å²) in [5, 5.41) is 12.4. The van der Waals surface area contributed by atoms with Crippen LogP contribution >= 0.6 is 11.6 Å². The Morgan fingerprint density at radius 1 is 1.11 bits per heavy atom. The highest BCUT2D eigenvalue weighted by molar-refractivity contribution is 6.18. The molecule has 146 valence electrons. The number of halogens is 1. The zero-order valence-electron chi connectivity index (χ0n) is 15.5. The number of carboxylic acid groups (broad SMARTS) is 1. The van der Waals surface area contributed by atoms with Gasteiger partial charge in [-0.3, -0.25) is 4.79 Å².